The van der Waals surface area contributed by atoms with E-state index < -0.39 is 0 Å². The highest BCUT2D eigenvalue weighted by atomic mass is 16.5. The van der Waals surface area contributed by atoms with Crippen LogP contribution in [0.4, 0.5) is 0 Å². The molecule has 3 aromatic rings. The fourth-order valence-electron chi connectivity index (χ4n) is 2.34. The summed E-state index contributed by atoms with van der Waals surface area (Å²) in [5.74, 6) is 1.30. The first-order chi connectivity index (χ1) is 12.7. The number of ether oxygens (including phenoxy) is 1. The maximum Gasteiger partial charge on any atom is 0.251 e. The Kier molecular flexibility index (Phi) is 5.43. The molecule has 0 aliphatic heterocycles. The van der Waals surface area contributed by atoms with Crippen LogP contribution in [-0.4, -0.2) is 22.7 Å². The number of rotatable bonds is 7. The molecule has 0 atom stereocenters. The molecule has 2 aromatic carbocycles. The number of nitrogens with one attached hydrogen (secondary N) is 1. The maximum atomic E-state index is 12.2. The second kappa shape index (κ2) is 8.11. The highest BCUT2D eigenvalue weighted by Gasteiger charge is 2.11. The summed E-state index contributed by atoms with van der Waals surface area (Å²) in [6.07, 6.45) is 1.66. The van der Waals surface area contributed by atoms with E-state index in [0.717, 1.165) is 11.1 Å². The van der Waals surface area contributed by atoms with E-state index in [-0.39, 0.29) is 12.5 Å². The maximum absolute atomic E-state index is 12.2. The minimum Gasteiger partial charge on any atom is -0.490 e. The largest absolute Gasteiger partial charge is 0.490 e. The van der Waals surface area contributed by atoms with Gasteiger partial charge in [-0.05, 0) is 37.3 Å². The molecule has 1 amide bonds. The molecule has 6 nitrogen and oxygen atoms in total. The molecule has 0 aliphatic rings. The van der Waals surface area contributed by atoms with E-state index in [0.29, 0.717) is 29.6 Å². The summed E-state index contributed by atoms with van der Waals surface area (Å²) in [4.78, 5) is 16.5. The summed E-state index contributed by atoms with van der Waals surface area (Å²) in [6, 6.07) is 14.7. The minimum absolute atomic E-state index is 0.159. The first kappa shape index (κ1) is 17.4. The normalized spacial score (nSPS) is 10.3. The van der Waals surface area contributed by atoms with E-state index in [2.05, 4.69) is 22.0 Å². The van der Waals surface area contributed by atoms with Crippen LogP contribution in [0.1, 0.15) is 21.8 Å². The van der Waals surface area contributed by atoms with Gasteiger partial charge in [-0.1, -0.05) is 41.6 Å². The van der Waals surface area contributed by atoms with E-state index in [4.69, 9.17) is 9.26 Å². The quantitative estimate of drug-likeness (QED) is 0.660. The van der Waals surface area contributed by atoms with Crippen LogP contribution in [-0.2, 0) is 6.54 Å². The Balaban J connectivity index is 1.59. The van der Waals surface area contributed by atoms with E-state index in [1.165, 1.54) is 0 Å². The number of amides is 1. The Morgan fingerprint density at radius 2 is 2.08 bits per heavy atom. The summed E-state index contributed by atoms with van der Waals surface area (Å²) in [5, 5.41) is 6.72. The highest BCUT2D eigenvalue weighted by molar-refractivity contribution is 5.94. The second-order valence-electron chi connectivity index (χ2n) is 5.69. The van der Waals surface area contributed by atoms with Gasteiger partial charge in [0.15, 0.2) is 0 Å². The number of hydrogen-bond donors (Lipinski definition) is 1. The number of hydrogen-bond acceptors (Lipinski definition) is 5. The number of aryl methyl sites for hydroxylation is 1. The Bertz CT molecular complexity index is 901. The van der Waals surface area contributed by atoms with Crippen LogP contribution in [0.2, 0.25) is 0 Å². The van der Waals surface area contributed by atoms with E-state index >= 15 is 0 Å². The molecule has 0 saturated heterocycles. The molecule has 3 rings (SSSR count). The highest BCUT2D eigenvalue weighted by Crippen LogP contribution is 2.17. The lowest BCUT2D eigenvalue weighted by Crippen LogP contribution is -2.22. The number of benzene rings is 2. The molecule has 1 N–H and O–H groups in total. The van der Waals surface area contributed by atoms with Crippen molar-refractivity contribution in [1.29, 1.82) is 0 Å². The van der Waals surface area contributed by atoms with Crippen molar-refractivity contribution >= 4 is 5.91 Å². The van der Waals surface area contributed by atoms with Crippen molar-refractivity contribution < 1.29 is 14.1 Å². The fourth-order valence-corrected chi connectivity index (χ4v) is 2.34. The Hall–Kier alpha value is -3.41. The smallest absolute Gasteiger partial charge is 0.251 e. The summed E-state index contributed by atoms with van der Waals surface area (Å²) in [7, 11) is 0. The monoisotopic (exact) mass is 349 g/mol. The van der Waals surface area contributed by atoms with Crippen LogP contribution in [0.3, 0.4) is 0 Å². The lowest BCUT2D eigenvalue weighted by molar-refractivity contribution is 0.0946. The van der Waals surface area contributed by atoms with Gasteiger partial charge in [-0.15, -0.1) is 0 Å². The van der Waals surface area contributed by atoms with Gasteiger partial charge in [0.05, 0.1) is 6.54 Å². The second-order valence-corrected chi connectivity index (χ2v) is 5.69. The van der Waals surface area contributed by atoms with Gasteiger partial charge in [0, 0.05) is 11.1 Å². The van der Waals surface area contributed by atoms with Gasteiger partial charge in [0.25, 0.3) is 5.91 Å². The minimum atomic E-state index is -0.226. The number of carbonyl (C=O) groups is 1. The van der Waals surface area contributed by atoms with Crippen molar-refractivity contribution in [3.05, 3.63) is 78.2 Å². The fraction of sp³-hybridized carbons (Fsp3) is 0.150. The Morgan fingerprint density at radius 3 is 2.81 bits per heavy atom. The van der Waals surface area contributed by atoms with Gasteiger partial charge in [0.1, 0.15) is 12.4 Å². The molecule has 0 aliphatic carbocycles. The molecular formula is C20H19N3O3. The number of aromatic nitrogens is 2. The van der Waals surface area contributed by atoms with Gasteiger partial charge in [-0.2, -0.15) is 4.98 Å². The number of carbonyl (C=O) groups excluding carboxylic acids is 1. The lowest BCUT2D eigenvalue weighted by Gasteiger charge is -2.05. The standard InChI is InChI=1S/C20H19N3O3/c1-3-11-25-17-9-7-15(8-10-17)20(24)21-13-18-22-19(23-26-18)16-6-4-5-14(2)12-16/h3-10,12H,1,11,13H2,2H3,(H,21,24). The molecule has 0 bridgehead atoms. The molecule has 132 valence electrons. The van der Waals surface area contributed by atoms with Gasteiger partial charge >= 0.3 is 0 Å². The zero-order chi connectivity index (χ0) is 18.4. The molecule has 0 radical (unpaired) electrons. The molecule has 0 fully saturated rings. The molecular weight excluding hydrogens is 330 g/mol. The van der Waals surface area contributed by atoms with Gasteiger partial charge in [0.2, 0.25) is 11.7 Å². The van der Waals surface area contributed by atoms with Crippen LogP contribution in [0.5, 0.6) is 5.75 Å². The third kappa shape index (κ3) is 4.36. The van der Waals surface area contributed by atoms with Crippen LogP contribution < -0.4 is 10.1 Å². The molecule has 1 aromatic heterocycles. The SMILES string of the molecule is C=CCOc1ccc(C(=O)NCc2nc(-c3cccc(C)c3)no2)cc1. The zero-order valence-corrected chi connectivity index (χ0v) is 14.4. The average molecular weight is 349 g/mol. The van der Waals surface area contributed by atoms with E-state index in [1.54, 1.807) is 30.3 Å². The summed E-state index contributed by atoms with van der Waals surface area (Å²) < 4.78 is 10.6. The van der Waals surface area contributed by atoms with Gasteiger partial charge < -0.3 is 14.6 Å². The molecule has 0 unspecified atom stereocenters. The third-order valence-electron chi connectivity index (χ3n) is 3.63. The van der Waals surface area contributed by atoms with Crippen LogP contribution >= 0.6 is 0 Å². The topological polar surface area (TPSA) is 77.2 Å². The molecule has 1 heterocycles. The predicted octanol–water partition coefficient (Wildman–Crippen LogP) is 3.54. The predicted molar refractivity (Wildman–Crippen MR) is 97.8 cm³/mol. The van der Waals surface area contributed by atoms with Gasteiger partial charge in [-0.25, -0.2) is 0 Å². The van der Waals surface area contributed by atoms with Crippen LogP contribution in [0.15, 0.2) is 65.7 Å². The Labute approximate surface area is 151 Å². The van der Waals surface area contributed by atoms with Crippen LogP contribution in [0.25, 0.3) is 11.4 Å². The summed E-state index contributed by atoms with van der Waals surface area (Å²) >= 11 is 0. The summed E-state index contributed by atoms with van der Waals surface area (Å²) in [6.45, 7) is 6.17. The lowest BCUT2D eigenvalue weighted by atomic mass is 10.1. The van der Waals surface area contributed by atoms with E-state index in [9.17, 15) is 4.79 Å². The summed E-state index contributed by atoms with van der Waals surface area (Å²) in [5.41, 5.74) is 2.51. The number of nitrogens with zero attached hydrogens (tertiary/aromatic N) is 2. The third-order valence-corrected chi connectivity index (χ3v) is 3.63. The van der Waals surface area contributed by atoms with Crippen LogP contribution in [0, 0.1) is 6.92 Å². The van der Waals surface area contributed by atoms with Crippen molar-refractivity contribution in [2.45, 2.75) is 13.5 Å². The van der Waals surface area contributed by atoms with Crippen molar-refractivity contribution in [3.8, 4) is 17.1 Å². The van der Waals surface area contributed by atoms with Crippen molar-refractivity contribution in [1.82, 2.24) is 15.5 Å². The van der Waals surface area contributed by atoms with Crippen molar-refractivity contribution in [3.63, 3.8) is 0 Å². The molecule has 6 heteroatoms. The molecule has 26 heavy (non-hydrogen) atoms. The van der Waals surface area contributed by atoms with Crippen molar-refractivity contribution in [2.24, 2.45) is 0 Å². The Morgan fingerprint density at radius 1 is 1.27 bits per heavy atom. The first-order valence-electron chi connectivity index (χ1n) is 8.17. The van der Waals surface area contributed by atoms with Gasteiger partial charge in [-0.3, -0.25) is 4.79 Å². The molecule has 0 spiro atoms. The van der Waals surface area contributed by atoms with Crippen molar-refractivity contribution in [2.75, 3.05) is 6.61 Å². The first-order valence-corrected chi connectivity index (χ1v) is 8.17. The zero-order valence-electron chi connectivity index (χ0n) is 14.4. The van der Waals surface area contributed by atoms with E-state index in [1.807, 2.05) is 31.2 Å². The average Bonchev–Trinajstić information content (AvgIpc) is 3.14. The molecule has 0 saturated carbocycles.